The first-order chi connectivity index (χ1) is 16.9. The molecular formula is C25H24ClN5O4. The van der Waals surface area contributed by atoms with Crippen molar-refractivity contribution in [3.05, 3.63) is 81.9 Å². The molecule has 3 N–H and O–H groups in total. The summed E-state index contributed by atoms with van der Waals surface area (Å²) in [5.41, 5.74) is 1.97. The third-order valence-electron chi connectivity index (χ3n) is 5.43. The lowest BCUT2D eigenvalue weighted by Crippen LogP contribution is -2.37. The quantitative estimate of drug-likeness (QED) is 0.395. The third kappa shape index (κ3) is 6.77. The van der Waals surface area contributed by atoms with E-state index in [0.717, 1.165) is 18.4 Å². The number of rotatable bonds is 9. The van der Waals surface area contributed by atoms with Crippen LogP contribution in [0.4, 0.5) is 5.69 Å². The van der Waals surface area contributed by atoms with Gasteiger partial charge in [0.2, 0.25) is 11.8 Å². The van der Waals surface area contributed by atoms with Crippen molar-refractivity contribution in [1.82, 2.24) is 20.2 Å². The molecule has 10 heteroatoms. The van der Waals surface area contributed by atoms with Gasteiger partial charge in [0.25, 0.3) is 11.5 Å². The summed E-state index contributed by atoms with van der Waals surface area (Å²) in [6.45, 7) is 0.229. The molecule has 3 aromatic rings. The summed E-state index contributed by atoms with van der Waals surface area (Å²) in [6, 6.07) is 14.9. The van der Waals surface area contributed by atoms with E-state index >= 15 is 0 Å². The predicted octanol–water partition coefficient (Wildman–Crippen LogP) is 2.46. The number of halogens is 1. The highest BCUT2D eigenvalue weighted by Gasteiger charge is 2.29. The van der Waals surface area contributed by atoms with Crippen molar-refractivity contribution in [2.24, 2.45) is 5.92 Å². The zero-order valence-corrected chi connectivity index (χ0v) is 19.5. The molecule has 3 amide bonds. The molecule has 0 aliphatic heterocycles. The first kappa shape index (κ1) is 24.2. The van der Waals surface area contributed by atoms with Gasteiger partial charge in [-0.2, -0.15) is 0 Å². The Morgan fingerprint density at radius 3 is 2.31 bits per heavy atom. The fourth-order valence-electron chi connectivity index (χ4n) is 3.31. The molecule has 1 aliphatic carbocycles. The molecule has 1 heterocycles. The number of nitrogens with one attached hydrogen (secondary N) is 3. The molecule has 9 nitrogen and oxygen atoms in total. The fourth-order valence-corrected chi connectivity index (χ4v) is 3.43. The van der Waals surface area contributed by atoms with Crippen LogP contribution < -0.4 is 21.5 Å². The van der Waals surface area contributed by atoms with Gasteiger partial charge in [0.15, 0.2) is 0 Å². The number of benzene rings is 2. The van der Waals surface area contributed by atoms with Crippen molar-refractivity contribution in [3.63, 3.8) is 0 Å². The average Bonchev–Trinajstić information content (AvgIpc) is 3.70. The van der Waals surface area contributed by atoms with Gasteiger partial charge in [-0.25, -0.2) is 4.98 Å². The second kappa shape index (κ2) is 11.0. The molecule has 1 aromatic heterocycles. The van der Waals surface area contributed by atoms with E-state index in [9.17, 15) is 19.2 Å². The largest absolute Gasteiger partial charge is 0.353 e. The topological polar surface area (TPSA) is 122 Å². The highest BCUT2D eigenvalue weighted by Crippen LogP contribution is 2.30. The normalized spacial score (nSPS) is 12.6. The maximum Gasteiger partial charge on any atom is 0.254 e. The van der Waals surface area contributed by atoms with Gasteiger partial charge in [0.05, 0.1) is 12.0 Å². The molecule has 35 heavy (non-hydrogen) atoms. The number of anilines is 1. The molecule has 4 rings (SSSR count). The minimum atomic E-state index is -0.377. The molecule has 0 bridgehead atoms. The first-order valence-electron chi connectivity index (χ1n) is 11.2. The Morgan fingerprint density at radius 2 is 1.66 bits per heavy atom. The van der Waals surface area contributed by atoms with Crippen LogP contribution in [-0.2, 0) is 16.1 Å². The molecule has 1 fully saturated rings. The van der Waals surface area contributed by atoms with E-state index in [1.807, 2.05) is 0 Å². The Morgan fingerprint density at radius 1 is 0.971 bits per heavy atom. The van der Waals surface area contributed by atoms with Crippen LogP contribution in [0.2, 0.25) is 5.02 Å². The molecular weight excluding hydrogens is 470 g/mol. The van der Waals surface area contributed by atoms with Crippen LogP contribution in [0.25, 0.3) is 11.3 Å². The molecule has 1 saturated carbocycles. The second-order valence-corrected chi connectivity index (χ2v) is 8.63. The maximum absolute atomic E-state index is 12.3. The van der Waals surface area contributed by atoms with Gasteiger partial charge in [-0.1, -0.05) is 23.7 Å². The van der Waals surface area contributed by atoms with Crippen molar-refractivity contribution >= 4 is 35.0 Å². The maximum atomic E-state index is 12.3. The SMILES string of the molecule is O=C(Cn1cnc(-c2ccc(Cl)cc2)cc1=O)NCCNC(=O)c1ccc(NC(=O)C2CC2)cc1. The van der Waals surface area contributed by atoms with Crippen LogP contribution in [-0.4, -0.2) is 40.4 Å². The number of hydrogen-bond donors (Lipinski definition) is 3. The Hall–Kier alpha value is -3.98. The monoisotopic (exact) mass is 493 g/mol. The van der Waals surface area contributed by atoms with Crippen LogP contribution in [0.5, 0.6) is 0 Å². The minimum Gasteiger partial charge on any atom is -0.353 e. The second-order valence-electron chi connectivity index (χ2n) is 8.19. The zero-order valence-electron chi connectivity index (χ0n) is 18.8. The highest BCUT2D eigenvalue weighted by atomic mass is 35.5. The van der Waals surface area contributed by atoms with E-state index in [2.05, 4.69) is 20.9 Å². The summed E-state index contributed by atoms with van der Waals surface area (Å²) >= 11 is 5.88. The summed E-state index contributed by atoms with van der Waals surface area (Å²) in [5, 5.41) is 8.78. The molecule has 0 radical (unpaired) electrons. The Balaban J connectivity index is 1.20. The van der Waals surface area contributed by atoms with Crippen LogP contribution in [0.15, 0.2) is 65.7 Å². The molecule has 180 valence electrons. The zero-order chi connectivity index (χ0) is 24.8. The van der Waals surface area contributed by atoms with E-state index in [-0.39, 0.29) is 48.8 Å². The molecule has 0 atom stereocenters. The number of carbonyl (C=O) groups excluding carboxylic acids is 3. The van der Waals surface area contributed by atoms with Gasteiger partial charge in [0.1, 0.15) is 6.54 Å². The van der Waals surface area contributed by atoms with Crippen molar-refractivity contribution in [1.29, 1.82) is 0 Å². The first-order valence-corrected chi connectivity index (χ1v) is 11.5. The number of carbonyl (C=O) groups is 3. The van der Waals surface area contributed by atoms with Crippen molar-refractivity contribution < 1.29 is 14.4 Å². The van der Waals surface area contributed by atoms with E-state index < -0.39 is 0 Å². The third-order valence-corrected chi connectivity index (χ3v) is 5.68. The van der Waals surface area contributed by atoms with E-state index in [1.54, 1.807) is 48.5 Å². The minimum absolute atomic E-state index is 0.00786. The lowest BCUT2D eigenvalue weighted by Gasteiger charge is -2.09. The van der Waals surface area contributed by atoms with E-state index in [0.29, 0.717) is 22.0 Å². The predicted molar refractivity (Wildman–Crippen MR) is 132 cm³/mol. The summed E-state index contributed by atoms with van der Waals surface area (Å²) in [4.78, 5) is 52.8. The van der Waals surface area contributed by atoms with Crippen LogP contribution in [0.1, 0.15) is 23.2 Å². The lowest BCUT2D eigenvalue weighted by molar-refractivity contribution is -0.121. The van der Waals surface area contributed by atoms with Gasteiger partial charge >= 0.3 is 0 Å². The Kier molecular flexibility index (Phi) is 7.57. The molecule has 1 aliphatic rings. The molecule has 2 aromatic carbocycles. The van der Waals surface area contributed by atoms with Crippen LogP contribution in [0, 0.1) is 5.92 Å². The van der Waals surface area contributed by atoms with Gasteiger partial charge in [0, 0.05) is 46.9 Å². The van der Waals surface area contributed by atoms with Crippen molar-refractivity contribution in [2.45, 2.75) is 19.4 Å². The molecule has 0 saturated heterocycles. The van der Waals surface area contributed by atoms with Gasteiger partial charge < -0.3 is 16.0 Å². The molecule has 0 spiro atoms. The fraction of sp³-hybridized carbons (Fsp3) is 0.240. The summed E-state index contributed by atoms with van der Waals surface area (Å²) in [7, 11) is 0. The Bertz CT molecular complexity index is 1280. The van der Waals surface area contributed by atoms with Crippen LogP contribution in [0.3, 0.4) is 0 Å². The number of nitrogens with zero attached hydrogens (tertiary/aromatic N) is 2. The highest BCUT2D eigenvalue weighted by molar-refractivity contribution is 6.30. The van der Waals surface area contributed by atoms with Gasteiger partial charge in [-0.3, -0.25) is 23.7 Å². The lowest BCUT2D eigenvalue weighted by atomic mass is 10.1. The summed E-state index contributed by atoms with van der Waals surface area (Å²) in [6.07, 6.45) is 3.17. The van der Waals surface area contributed by atoms with E-state index in [4.69, 9.17) is 11.6 Å². The number of aromatic nitrogens is 2. The smallest absolute Gasteiger partial charge is 0.254 e. The van der Waals surface area contributed by atoms with Crippen molar-refractivity contribution in [2.75, 3.05) is 18.4 Å². The van der Waals surface area contributed by atoms with Crippen LogP contribution >= 0.6 is 11.6 Å². The van der Waals surface area contributed by atoms with Gasteiger partial charge in [-0.15, -0.1) is 0 Å². The Labute approximate surface area is 206 Å². The van der Waals surface area contributed by atoms with Crippen molar-refractivity contribution in [3.8, 4) is 11.3 Å². The summed E-state index contributed by atoms with van der Waals surface area (Å²) in [5.74, 6) is -0.555. The summed E-state index contributed by atoms with van der Waals surface area (Å²) < 4.78 is 1.21. The number of amides is 3. The standard InChI is InChI=1S/C25H24ClN5O4/c26-19-7-3-16(4-8-19)21-13-23(33)31(15-29-21)14-22(32)27-11-12-28-24(34)17-5-9-20(10-6-17)30-25(35)18-1-2-18/h3-10,13,15,18H,1-2,11-12,14H2,(H,27,32)(H,28,34)(H,30,35). The average molecular weight is 494 g/mol. The molecule has 0 unspecified atom stereocenters. The van der Waals surface area contributed by atoms with E-state index in [1.165, 1.54) is 17.0 Å². The van der Waals surface area contributed by atoms with Gasteiger partial charge in [-0.05, 0) is 49.2 Å². The number of hydrogen-bond acceptors (Lipinski definition) is 5.